The SMILES string of the molecule is CC(C)Oc1ccc(N2CCC(N)(C#N)CC2)cc1. The monoisotopic (exact) mass is 259 g/mol. The van der Waals surface area contributed by atoms with Gasteiger partial charge in [0.25, 0.3) is 0 Å². The summed E-state index contributed by atoms with van der Waals surface area (Å²) in [6.45, 7) is 5.69. The second-order valence-corrected chi connectivity index (χ2v) is 5.42. The van der Waals surface area contributed by atoms with Crippen LogP contribution < -0.4 is 15.4 Å². The Morgan fingerprint density at radius 3 is 2.32 bits per heavy atom. The number of piperidine rings is 1. The molecule has 0 saturated carbocycles. The molecule has 1 heterocycles. The lowest BCUT2D eigenvalue weighted by atomic mass is 9.90. The Balaban J connectivity index is 1.99. The van der Waals surface area contributed by atoms with Crippen molar-refractivity contribution in [1.82, 2.24) is 0 Å². The Morgan fingerprint density at radius 1 is 1.26 bits per heavy atom. The molecule has 102 valence electrons. The zero-order chi connectivity index (χ0) is 13.9. The Morgan fingerprint density at radius 2 is 1.84 bits per heavy atom. The summed E-state index contributed by atoms with van der Waals surface area (Å²) in [4.78, 5) is 2.27. The number of anilines is 1. The first kappa shape index (κ1) is 13.7. The maximum Gasteiger partial charge on any atom is 0.119 e. The van der Waals surface area contributed by atoms with E-state index >= 15 is 0 Å². The number of rotatable bonds is 3. The molecule has 1 fully saturated rings. The van der Waals surface area contributed by atoms with Gasteiger partial charge in [0.1, 0.15) is 11.3 Å². The van der Waals surface area contributed by atoms with Crippen LogP contribution in [-0.4, -0.2) is 24.7 Å². The molecule has 1 aromatic carbocycles. The molecule has 4 heteroatoms. The smallest absolute Gasteiger partial charge is 0.119 e. The minimum atomic E-state index is -0.642. The van der Waals surface area contributed by atoms with Gasteiger partial charge in [-0.05, 0) is 51.0 Å². The van der Waals surface area contributed by atoms with Crippen molar-refractivity contribution in [1.29, 1.82) is 5.26 Å². The minimum Gasteiger partial charge on any atom is -0.491 e. The Kier molecular flexibility index (Phi) is 3.96. The quantitative estimate of drug-likeness (QED) is 0.904. The zero-order valence-electron chi connectivity index (χ0n) is 11.6. The number of nitrogens with zero attached hydrogens (tertiary/aromatic N) is 2. The Hall–Kier alpha value is -1.73. The summed E-state index contributed by atoms with van der Waals surface area (Å²) in [5, 5.41) is 9.02. The van der Waals surface area contributed by atoms with Crippen LogP contribution in [0.1, 0.15) is 26.7 Å². The first-order chi connectivity index (χ1) is 9.02. The molecule has 0 bridgehead atoms. The normalized spacial score (nSPS) is 18.2. The van der Waals surface area contributed by atoms with Crippen LogP contribution in [-0.2, 0) is 0 Å². The molecule has 1 saturated heterocycles. The van der Waals surface area contributed by atoms with E-state index < -0.39 is 5.54 Å². The molecule has 0 spiro atoms. The number of benzene rings is 1. The third kappa shape index (κ3) is 3.39. The second kappa shape index (κ2) is 5.50. The first-order valence-electron chi connectivity index (χ1n) is 6.74. The van der Waals surface area contributed by atoms with Gasteiger partial charge in [-0.15, -0.1) is 0 Å². The van der Waals surface area contributed by atoms with Crippen molar-refractivity contribution in [3.05, 3.63) is 24.3 Å². The number of hydrogen-bond donors (Lipinski definition) is 1. The first-order valence-corrected chi connectivity index (χ1v) is 6.74. The topological polar surface area (TPSA) is 62.3 Å². The Bertz CT molecular complexity index is 453. The fraction of sp³-hybridized carbons (Fsp3) is 0.533. The molecule has 4 nitrogen and oxygen atoms in total. The molecule has 0 unspecified atom stereocenters. The van der Waals surface area contributed by atoms with E-state index in [9.17, 15) is 0 Å². The molecule has 19 heavy (non-hydrogen) atoms. The van der Waals surface area contributed by atoms with Crippen LogP contribution in [0.25, 0.3) is 0 Å². The van der Waals surface area contributed by atoms with Crippen LogP contribution >= 0.6 is 0 Å². The molecule has 0 aromatic heterocycles. The lowest BCUT2D eigenvalue weighted by Gasteiger charge is -2.36. The molecule has 1 aromatic rings. The molecule has 2 N–H and O–H groups in total. The average molecular weight is 259 g/mol. The van der Waals surface area contributed by atoms with Gasteiger partial charge in [0.2, 0.25) is 0 Å². The van der Waals surface area contributed by atoms with Crippen LogP contribution in [0.3, 0.4) is 0 Å². The van der Waals surface area contributed by atoms with E-state index in [1.807, 2.05) is 26.0 Å². The highest BCUT2D eigenvalue weighted by Crippen LogP contribution is 2.26. The zero-order valence-corrected chi connectivity index (χ0v) is 11.6. The molecular weight excluding hydrogens is 238 g/mol. The molecule has 0 radical (unpaired) electrons. The number of hydrogen-bond acceptors (Lipinski definition) is 4. The molecule has 0 amide bonds. The van der Waals surface area contributed by atoms with Gasteiger partial charge in [0, 0.05) is 18.8 Å². The van der Waals surface area contributed by atoms with Crippen molar-refractivity contribution < 1.29 is 4.74 Å². The third-order valence-corrected chi connectivity index (χ3v) is 3.45. The van der Waals surface area contributed by atoms with Crippen LogP contribution in [0.15, 0.2) is 24.3 Å². The summed E-state index contributed by atoms with van der Waals surface area (Å²) in [5.74, 6) is 0.890. The van der Waals surface area contributed by atoms with Crippen molar-refractivity contribution in [3.63, 3.8) is 0 Å². The van der Waals surface area contributed by atoms with Crippen molar-refractivity contribution in [2.24, 2.45) is 5.73 Å². The lowest BCUT2D eigenvalue weighted by molar-refractivity contribution is 0.242. The van der Waals surface area contributed by atoms with Gasteiger partial charge < -0.3 is 15.4 Å². The average Bonchev–Trinajstić information content (AvgIpc) is 2.40. The van der Waals surface area contributed by atoms with E-state index in [-0.39, 0.29) is 6.10 Å². The predicted octanol–water partition coefficient (Wildman–Crippen LogP) is 2.30. The van der Waals surface area contributed by atoms with Crippen LogP contribution in [0.5, 0.6) is 5.75 Å². The summed E-state index contributed by atoms with van der Waals surface area (Å²) >= 11 is 0. The fourth-order valence-electron chi connectivity index (χ4n) is 2.28. The molecular formula is C15H21N3O. The van der Waals surface area contributed by atoms with Crippen LogP contribution in [0, 0.1) is 11.3 Å². The van der Waals surface area contributed by atoms with E-state index in [4.69, 9.17) is 15.7 Å². The van der Waals surface area contributed by atoms with Gasteiger partial charge in [-0.3, -0.25) is 0 Å². The maximum absolute atomic E-state index is 9.02. The molecule has 1 aliphatic heterocycles. The van der Waals surface area contributed by atoms with E-state index in [1.165, 1.54) is 0 Å². The minimum absolute atomic E-state index is 0.189. The summed E-state index contributed by atoms with van der Waals surface area (Å²) in [5.41, 5.74) is 6.49. The van der Waals surface area contributed by atoms with Gasteiger partial charge >= 0.3 is 0 Å². The molecule has 0 atom stereocenters. The number of nitrogens with two attached hydrogens (primary N) is 1. The lowest BCUT2D eigenvalue weighted by Crippen LogP contribution is -2.49. The van der Waals surface area contributed by atoms with Crippen molar-refractivity contribution in [2.45, 2.75) is 38.3 Å². The van der Waals surface area contributed by atoms with Gasteiger partial charge in [0.05, 0.1) is 12.2 Å². The maximum atomic E-state index is 9.02. The van der Waals surface area contributed by atoms with E-state index in [0.717, 1.165) is 24.5 Å². The van der Waals surface area contributed by atoms with Crippen LogP contribution in [0.2, 0.25) is 0 Å². The van der Waals surface area contributed by atoms with Gasteiger partial charge in [-0.2, -0.15) is 5.26 Å². The highest BCUT2D eigenvalue weighted by atomic mass is 16.5. The standard InChI is InChI=1S/C15H21N3O/c1-12(2)19-14-5-3-13(4-6-14)18-9-7-15(17,11-16)8-10-18/h3-6,12H,7-10,17H2,1-2H3. The number of nitriles is 1. The van der Waals surface area contributed by atoms with Gasteiger partial charge in [-0.25, -0.2) is 0 Å². The van der Waals surface area contributed by atoms with Gasteiger partial charge in [0.15, 0.2) is 0 Å². The van der Waals surface area contributed by atoms with Crippen molar-refractivity contribution in [2.75, 3.05) is 18.0 Å². The molecule has 0 aliphatic carbocycles. The number of ether oxygens (including phenoxy) is 1. The largest absolute Gasteiger partial charge is 0.491 e. The van der Waals surface area contributed by atoms with E-state index in [0.29, 0.717) is 12.8 Å². The highest BCUT2D eigenvalue weighted by molar-refractivity contribution is 5.49. The second-order valence-electron chi connectivity index (χ2n) is 5.42. The van der Waals surface area contributed by atoms with E-state index in [2.05, 4.69) is 23.1 Å². The third-order valence-electron chi connectivity index (χ3n) is 3.45. The molecule has 2 rings (SSSR count). The van der Waals surface area contributed by atoms with Crippen molar-refractivity contribution in [3.8, 4) is 11.8 Å². The predicted molar refractivity (Wildman–Crippen MR) is 76.2 cm³/mol. The van der Waals surface area contributed by atoms with Crippen molar-refractivity contribution >= 4 is 5.69 Å². The summed E-state index contributed by atoms with van der Waals surface area (Å²) in [6, 6.07) is 10.3. The summed E-state index contributed by atoms with van der Waals surface area (Å²) < 4.78 is 5.63. The summed E-state index contributed by atoms with van der Waals surface area (Å²) in [7, 11) is 0. The highest BCUT2D eigenvalue weighted by Gasteiger charge is 2.30. The van der Waals surface area contributed by atoms with Crippen LogP contribution in [0.4, 0.5) is 5.69 Å². The Labute approximate surface area is 114 Å². The fourth-order valence-corrected chi connectivity index (χ4v) is 2.28. The molecule has 1 aliphatic rings. The summed E-state index contributed by atoms with van der Waals surface area (Å²) in [6.07, 6.45) is 1.62. The van der Waals surface area contributed by atoms with E-state index in [1.54, 1.807) is 0 Å². The van der Waals surface area contributed by atoms with Gasteiger partial charge in [-0.1, -0.05) is 0 Å².